The molecule has 0 aromatic carbocycles. The minimum Gasteiger partial charge on any atom is -0.481 e. The van der Waals surface area contributed by atoms with Gasteiger partial charge in [0.25, 0.3) is 0 Å². The molecule has 0 aliphatic carbocycles. The molecule has 0 saturated carbocycles. The van der Waals surface area contributed by atoms with Crippen molar-refractivity contribution in [3.63, 3.8) is 0 Å². The maximum atomic E-state index is 10.7. The smallest absolute Gasteiger partial charge is 0.354 e. The Kier molecular flexibility index (Phi) is 3.00. The molecule has 17 heavy (non-hydrogen) atoms. The van der Waals surface area contributed by atoms with Crippen molar-refractivity contribution in [2.24, 2.45) is 0 Å². The number of ether oxygens (including phenoxy) is 1. The van der Waals surface area contributed by atoms with Crippen LogP contribution in [0.4, 0.5) is 0 Å². The highest BCUT2D eigenvalue weighted by atomic mass is 16.5. The number of methoxy groups -OCH3 is 1. The van der Waals surface area contributed by atoms with Gasteiger partial charge >= 0.3 is 5.97 Å². The molecule has 0 saturated heterocycles. The van der Waals surface area contributed by atoms with E-state index in [9.17, 15) is 4.79 Å². The van der Waals surface area contributed by atoms with Gasteiger partial charge in [0.2, 0.25) is 5.88 Å². The summed E-state index contributed by atoms with van der Waals surface area (Å²) in [6.45, 7) is 0. The van der Waals surface area contributed by atoms with Crippen LogP contribution in [0.5, 0.6) is 5.88 Å². The summed E-state index contributed by atoms with van der Waals surface area (Å²) in [6.07, 6.45) is 1.48. The van der Waals surface area contributed by atoms with Gasteiger partial charge < -0.3 is 9.84 Å². The second-order valence-electron chi connectivity index (χ2n) is 3.30. The number of hydrogen-bond acceptors (Lipinski definition) is 4. The van der Waals surface area contributed by atoms with Gasteiger partial charge in [-0.25, -0.2) is 14.8 Å². The van der Waals surface area contributed by atoms with Crippen LogP contribution in [-0.4, -0.2) is 28.2 Å². The summed E-state index contributed by atoms with van der Waals surface area (Å²) in [5.74, 6) is -0.542. The predicted octanol–water partition coefficient (Wildman–Crippen LogP) is 1.85. The summed E-state index contributed by atoms with van der Waals surface area (Å²) in [7, 11) is 1.54. The molecule has 0 unspecified atom stereocenters. The summed E-state index contributed by atoms with van der Waals surface area (Å²) in [5.41, 5.74) is 1.44. The Morgan fingerprint density at radius 1 is 1.29 bits per heavy atom. The summed E-state index contributed by atoms with van der Waals surface area (Å²) in [6, 6.07) is 8.46. The first-order valence-corrected chi connectivity index (χ1v) is 4.91. The molecular formula is C12H10N2O3. The quantitative estimate of drug-likeness (QED) is 0.871. The van der Waals surface area contributed by atoms with Crippen LogP contribution in [0.2, 0.25) is 0 Å². The Balaban J connectivity index is 2.36. The van der Waals surface area contributed by atoms with E-state index in [0.717, 1.165) is 5.56 Å². The first-order chi connectivity index (χ1) is 8.20. The van der Waals surface area contributed by atoms with E-state index in [0.29, 0.717) is 11.6 Å². The molecule has 0 bridgehead atoms. The number of pyridine rings is 2. The van der Waals surface area contributed by atoms with Gasteiger partial charge in [-0.05, 0) is 18.2 Å². The lowest BCUT2D eigenvalue weighted by Crippen LogP contribution is -1.99. The zero-order valence-corrected chi connectivity index (χ0v) is 9.12. The van der Waals surface area contributed by atoms with Crippen molar-refractivity contribution in [2.45, 2.75) is 0 Å². The first-order valence-electron chi connectivity index (χ1n) is 4.91. The van der Waals surface area contributed by atoms with Crippen LogP contribution in [0.3, 0.4) is 0 Å². The maximum Gasteiger partial charge on any atom is 0.354 e. The SMILES string of the molecule is COc1cccc(-c2ccc(C(=O)O)nc2)n1. The van der Waals surface area contributed by atoms with Gasteiger partial charge in [-0.2, -0.15) is 0 Å². The zero-order valence-electron chi connectivity index (χ0n) is 9.12. The van der Waals surface area contributed by atoms with Crippen molar-refractivity contribution < 1.29 is 14.6 Å². The number of carboxylic acid groups (broad SMARTS) is 1. The lowest BCUT2D eigenvalue weighted by molar-refractivity contribution is 0.0690. The molecule has 0 spiro atoms. The third kappa shape index (κ3) is 2.39. The van der Waals surface area contributed by atoms with Crippen molar-refractivity contribution in [3.8, 4) is 17.1 Å². The van der Waals surface area contributed by atoms with E-state index < -0.39 is 5.97 Å². The number of rotatable bonds is 3. The lowest BCUT2D eigenvalue weighted by atomic mass is 10.2. The molecule has 0 fully saturated rings. The average molecular weight is 230 g/mol. The molecule has 0 aliphatic rings. The molecule has 2 aromatic rings. The van der Waals surface area contributed by atoms with E-state index in [-0.39, 0.29) is 5.69 Å². The first kappa shape index (κ1) is 11.1. The van der Waals surface area contributed by atoms with Gasteiger partial charge in [-0.15, -0.1) is 0 Å². The Morgan fingerprint density at radius 3 is 2.71 bits per heavy atom. The molecule has 1 N–H and O–H groups in total. The zero-order chi connectivity index (χ0) is 12.3. The number of aromatic nitrogens is 2. The van der Waals surface area contributed by atoms with Crippen LogP contribution in [0.15, 0.2) is 36.5 Å². The highest BCUT2D eigenvalue weighted by molar-refractivity contribution is 5.85. The minimum absolute atomic E-state index is 0.0108. The molecule has 0 atom stereocenters. The van der Waals surface area contributed by atoms with Crippen LogP contribution in [-0.2, 0) is 0 Å². The summed E-state index contributed by atoms with van der Waals surface area (Å²) in [4.78, 5) is 18.7. The molecule has 0 amide bonds. The molecule has 0 aliphatic heterocycles. The van der Waals surface area contributed by atoms with Crippen LogP contribution in [0.1, 0.15) is 10.5 Å². The monoisotopic (exact) mass is 230 g/mol. The van der Waals surface area contributed by atoms with E-state index in [4.69, 9.17) is 9.84 Å². The molecule has 5 nitrogen and oxygen atoms in total. The minimum atomic E-state index is -1.05. The van der Waals surface area contributed by atoms with Gasteiger partial charge in [0, 0.05) is 17.8 Å². The number of hydrogen-bond donors (Lipinski definition) is 1. The summed E-state index contributed by atoms with van der Waals surface area (Å²) >= 11 is 0. The van der Waals surface area contributed by atoms with Gasteiger partial charge in [-0.1, -0.05) is 6.07 Å². The molecule has 2 heterocycles. The van der Waals surface area contributed by atoms with E-state index >= 15 is 0 Å². The largest absolute Gasteiger partial charge is 0.481 e. The molecule has 5 heteroatoms. The fourth-order valence-corrected chi connectivity index (χ4v) is 1.36. The van der Waals surface area contributed by atoms with E-state index in [1.54, 1.807) is 18.2 Å². The molecular weight excluding hydrogens is 220 g/mol. The second kappa shape index (κ2) is 4.61. The van der Waals surface area contributed by atoms with Crippen molar-refractivity contribution in [1.29, 1.82) is 0 Å². The number of nitrogens with zero attached hydrogens (tertiary/aromatic N) is 2. The van der Waals surface area contributed by atoms with Gasteiger partial charge in [0.15, 0.2) is 0 Å². The van der Waals surface area contributed by atoms with Gasteiger partial charge in [-0.3, -0.25) is 0 Å². The van der Waals surface area contributed by atoms with Crippen LogP contribution in [0.25, 0.3) is 11.3 Å². The fraction of sp³-hybridized carbons (Fsp3) is 0.0833. The van der Waals surface area contributed by atoms with E-state index in [2.05, 4.69) is 9.97 Å². The summed E-state index contributed by atoms with van der Waals surface area (Å²) < 4.78 is 5.01. The lowest BCUT2D eigenvalue weighted by Gasteiger charge is -2.03. The number of aromatic carboxylic acids is 1. The Morgan fingerprint density at radius 2 is 2.12 bits per heavy atom. The second-order valence-corrected chi connectivity index (χ2v) is 3.30. The molecule has 0 radical (unpaired) electrons. The van der Waals surface area contributed by atoms with Crippen molar-refractivity contribution in [1.82, 2.24) is 9.97 Å². The third-order valence-electron chi connectivity index (χ3n) is 2.21. The van der Waals surface area contributed by atoms with Gasteiger partial charge in [0.05, 0.1) is 12.8 Å². The highest BCUT2D eigenvalue weighted by Gasteiger charge is 2.06. The molecule has 2 aromatic heterocycles. The third-order valence-corrected chi connectivity index (χ3v) is 2.21. The number of carbonyl (C=O) groups is 1. The predicted molar refractivity (Wildman–Crippen MR) is 61.0 cm³/mol. The topological polar surface area (TPSA) is 72.3 Å². The van der Waals surface area contributed by atoms with Crippen LogP contribution >= 0.6 is 0 Å². The molecule has 2 rings (SSSR count). The van der Waals surface area contributed by atoms with E-state index in [1.165, 1.54) is 19.4 Å². The Hall–Kier alpha value is -2.43. The summed E-state index contributed by atoms with van der Waals surface area (Å²) in [5, 5.41) is 8.73. The Bertz CT molecular complexity index is 538. The van der Waals surface area contributed by atoms with Crippen LogP contribution < -0.4 is 4.74 Å². The standard InChI is InChI=1S/C12H10N2O3/c1-17-11-4-2-3-9(14-11)8-5-6-10(12(15)16)13-7-8/h2-7H,1H3,(H,15,16). The average Bonchev–Trinajstić information content (AvgIpc) is 2.39. The molecule has 86 valence electrons. The van der Waals surface area contributed by atoms with Crippen molar-refractivity contribution >= 4 is 5.97 Å². The van der Waals surface area contributed by atoms with Crippen molar-refractivity contribution in [3.05, 3.63) is 42.2 Å². The highest BCUT2D eigenvalue weighted by Crippen LogP contribution is 2.18. The maximum absolute atomic E-state index is 10.7. The number of carboxylic acids is 1. The van der Waals surface area contributed by atoms with Gasteiger partial charge in [0.1, 0.15) is 5.69 Å². The Labute approximate surface area is 97.7 Å². The van der Waals surface area contributed by atoms with Crippen LogP contribution in [0, 0.1) is 0 Å². The van der Waals surface area contributed by atoms with Crippen molar-refractivity contribution in [2.75, 3.05) is 7.11 Å². The van der Waals surface area contributed by atoms with E-state index in [1.807, 2.05) is 6.07 Å². The fourth-order valence-electron chi connectivity index (χ4n) is 1.36. The normalized spacial score (nSPS) is 9.94.